The predicted molar refractivity (Wildman–Crippen MR) is 137 cm³/mol. The van der Waals surface area contributed by atoms with Gasteiger partial charge >= 0.3 is 0 Å². The first kappa shape index (κ1) is 24.2. The average Bonchev–Trinajstić information content (AvgIpc) is 2.82. The first-order chi connectivity index (χ1) is 15.5. The molecule has 0 unspecified atom stereocenters. The maximum Gasteiger partial charge on any atom is 0.259 e. The zero-order chi connectivity index (χ0) is 22.2. The number of piperidine rings is 1. The minimum absolute atomic E-state index is 0. The number of anilines is 1. The zero-order valence-electron chi connectivity index (χ0n) is 18.4. The molecular formula is C23H27Cl3N6O. The van der Waals surface area contributed by atoms with Crippen LogP contribution in [0.5, 0.6) is 0 Å². The molecule has 0 spiro atoms. The van der Waals surface area contributed by atoms with Crippen molar-refractivity contribution in [3.05, 3.63) is 50.9 Å². The van der Waals surface area contributed by atoms with Gasteiger partial charge in [-0.05, 0) is 44.1 Å². The van der Waals surface area contributed by atoms with Crippen LogP contribution in [-0.4, -0.2) is 64.7 Å². The van der Waals surface area contributed by atoms with Crippen molar-refractivity contribution in [1.82, 2.24) is 24.8 Å². The first-order valence-corrected chi connectivity index (χ1v) is 11.8. The van der Waals surface area contributed by atoms with Gasteiger partial charge in [0.1, 0.15) is 5.65 Å². The lowest BCUT2D eigenvalue weighted by atomic mass is 10.0. The maximum atomic E-state index is 13.2. The van der Waals surface area contributed by atoms with Crippen LogP contribution in [0.3, 0.4) is 0 Å². The number of pyridine rings is 1. The summed E-state index contributed by atoms with van der Waals surface area (Å²) >= 11 is 12.7. The Bertz CT molecular complexity index is 1180. The third-order valence-corrected chi connectivity index (χ3v) is 7.22. The molecule has 1 aromatic carbocycles. The summed E-state index contributed by atoms with van der Waals surface area (Å²) < 4.78 is 1.56. The largest absolute Gasteiger partial charge is 0.338 e. The standard InChI is InChI=1S/C23H26Cl2N6O.ClH/c1-29-21-15(13-17(22(29)32)20-18(24)3-2-4-19(20)25)14-27-23(28-21)31-11-9-30(10-12-31)16-5-7-26-8-6-16;/h2-4,13-14,16,26H,5-12H2,1H3;1H. The quantitative estimate of drug-likeness (QED) is 0.582. The van der Waals surface area contributed by atoms with Gasteiger partial charge in [-0.1, -0.05) is 29.3 Å². The molecule has 10 heteroatoms. The van der Waals surface area contributed by atoms with Crippen LogP contribution in [-0.2, 0) is 7.05 Å². The van der Waals surface area contributed by atoms with Crippen LogP contribution in [0.2, 0.25) is 10.0 Å². The molecule has 5 rings (SSSR count). The summed E-state index contributed by atoms with van der Waals surface area (Å²) in [6.07, 6.45) is 4.21. The van der Waals surface area contributed by atoms with Gasteiger partial charge in [-0.15, -0.1) is 12.4 Å². The van der Waals surface area contributed by atoms with E-state index in [2.05, 4.69) is 20.1 Å². The summed E-state index contributed by atoms with van der Waals surface area (Å²) in [7, 11) is 1.73. The Labute approximate surface area is 209 Å². The van der Waals surface area contributed by atoms with E-state index in [-0.39, 0.29) is 18.0 Å². The molecule has 0 saturated carbocycles. The van der Waals surface area contributed by atoms with Gasteiger partial charge in [0.05, 0.1) is 15.6 Å². The van der Waals surface area contributed by atoms with E-state index in [0.29, 0.717) is 38.8 Å². The van der Waals surface area contributed by atoms with Crippen LogP contribution in [0.15, 0.2) is 35.3 Å². The van der Waals surface area contributed by atoms with Crippen molar-refractivity contribution in [2.24, 2.45) is 7.05 Å². The van der Waals surface area contributed by atoms with E-state index in [0.717, 1.165) is 44.7 Å². The van der Waals surface area contributed by atoms with Crippen LogP contribution in [0.4, 0.5) is 5.95 Å². The molecule has 0 bridgehead atoms. The van der Waals surface area contributed by atoms with E-state index in [1.165, 1.54) is 12.8 Å². The predicted octanol–water partition coefficient (Wildman–Crippen LogP) is 3.60. The Kier molecular flexibility index (Phi) is 7.46. The number of fused-ring (bicyclic) bond motifs is 1. The Morgan fingerprint density at radius 1 is 1.06 bits per heavy atom. The topological polar surface area (TPSA) is 66.3 Å². The van der Waals surface area contributed by atoms with E-state index in [4.69, 9.17) is 28.2 Å². The highest BCUT2D eigenvalue weighted by Crippen LogP contribution is 2.33. The van der Waals surface area contributed by atoms with Crippen molar-refractivity contribution in [3.8, 4) is 11.1 Å². The zero-order valence-corrected chi connectivity index (χ0v) is 20.8. The average molecular weight is 510 g/mol. The second-order valence-corrected chi connectivity index (χ2v) is 9.29. The van der Waals surface area contributed by atoms with Gasteiger partial charge in [0.15, 0.2) is 0 Å². The minimum Gasteiger partial charge on any atom is -0.338 e. The molecule has 2 saturated heterocycles. The number of hydrogen-bond donors (Lipinski definition) is 1. The molecule has 0 aliphatic carbocycles. The van der Waals surface area contributed by atoms with Crippen molar-refractivity contribution in [3.63, 3.8) is 0 Å². The van der Waals surface area contributed by atoms with Crippen molar-refractivity contribution >= 4 is 52.6 Å². The molecule has 33 heavy (non-hydrogen) atoms. The van der Waals surface area contributed by atoms with Gasteiger partial charge in [-0.2, -0.15) is 4.98 Å². The lowest BCUT2D eigenvalue weighted by Crippen LogP contribution is -2.53. The highest BCUT2D eigenvalue weighted by Gasteiger charge is 2.26. The summed E-state index contributed by atoms with van der Waals surface area (Å²) in [6.45, 7) is 6.00. The molecule has 4 heterocycles. The normalized spacial score (nSPS) is 17.8. The van der Waals surface area contributed by atoms with Gasteiger partial charge in [-0.3, -0.25) is 14.3 Å². The van der Waals surface area contributed by atoms with E-state index < -0.39 is 0 Å². The number of hydrogen-bond acceptors (Lipinski definition) is 6. The number of nitrogens with zero attached hydrogens (tertiary/aromatic N) is 5. The highest BCUT2D eigenvalue weighted by molar-refractivity contribution is 6.39. The Morgan fingerprint density at radius 2 is 1.73 bits per heavy atom. The van der Waals surface area contributed by atoms with Crippen molar-refractivity contribution < 1.29 is 0 Å². The van der Waals surface area contributed by atoms with Crippen LogP contribution >= 0.6 is 35.6 Å². The molecule has 2 aliphatic heterocycles. The monoisotopic (exact) mass is 508 g/mol. The minimum atomic E-state index is -0.187. The maximum absolute atomic E-state index is 13.2. The van der Waals surface area contributed by atoms with Crippen LogP contribution in [0, 0.1) is 0 Å². The summed E-state index contributed by atoms with van der Waals surface area (Å²) in [4.78, 5) is 27.3. The summed E-state index contributed by atoms with van der Waals surface area (Å²) in [5.41, 5.74) is 1.40. The second-order valence-electron chi connectivity index (χ2n) is 8.47. The number of aryl methyl sites for hydroxylation is 1. The lowest BCUT2D eigenvalue weighted by Gasteiger charge is -2.40. The molecule has 0 amide bonds. The highest BCUT2D eigenvalue weighted by atomic mass is 35.5. The van der Waals surface area contributed by atoms with Crippen LogP contribution in [0.25, 0.3) is 22.2 Å². The van der Waals surface area contributed by atoms with Crippen molar-refractivity contribution in [1.29, 1.82) is 0 Å². The number of piperazine rings is 1. The smallest absolute Gasteiger partial charge is 0.259 e. The van der Waals surface area contributed by atoms with Gasteiger partial charge in [0.25, 0.3) is 5.56 Å². The molecule has 2 fully saturated rings. The third-order valence-electron chi connectivity index (χ3n) is 6.59. The summed E-state index contributed by atoms with van der Waals surface area (Å²) in [6, 6.07) is 7.68. The molecule has 2 aromatic heterocycles. The van der Waals surface area contributed by atoms with Gasteiger partial charge in [0, 0.05) is 56.4 Å². The second kappa shape index (κ2) is 10.2. The molecule has 0 atom stereocenters. The van der Waals surface area contributed by atoms with E-state index >= 15 is 0 Å². The molecule has 7 nitrogen and oxygen atoms in total. The Balaban J connectivity index is 0.00000259. The molecule has 2 aliphatic rings. The lowest BCUT2D eigenvalue weighted by molar-refractivity contribution is 0.153. The summed E-state index contributed by atoms with van der Waals surface area (Å²) in [5, 5.41) is 5.09. The Hall–Kier alpha value is -1.90. The van der Waals surface area contributed by atoms with Crippen LogP contribution in [0.1, 0.15) is 12.8 Å². The summed E-state index contributed by atoms with van der Waals surface area (Å²) in [5.74, 6) is 0.668. The van der Waals surface area contributed by atoms with E-state index in [1.807, 2.05) is 0 Å². The van der Waals surface area contributed by atoms with Crippen molar-refractivity contribution in [2.45, 2.75) is 18.9 Å². The number of benzene rings is 1. The first-order valence-electron chi connectivity index (χ1n) is 11.0. The molecular weight excluding hydrogens is 483 g/mol. The SMILES string of the molecule is Cl.Cn1c(=O)c(-c2c(Cl)cccc2Cl)cc2cnc(N3CCN(C4CCNCC4)CC3)nc21. The molecule has 176 valence electrons. The fraction of sp³-hybridized carbons (Fsp3) is 0.435. The fourth-order valence-electron chi connectivity index (χ4n) is 4.78. The number of aromatic nitrogens is 3. The number of halogens is 3. The Morgan fingerprint density at radius 3 is 2.39 bits per heavy atom. The molecule has 0 radical (unpaired) electrons. The number of rotatable bonds is 3. The van der Waals surface area contributed by atoms with Gasteiger partial charge in [0.2, 0.25) is 5.95 Å². The molecule has 1 N–H and O–H groups in total. The van der Waals surface area contributed by atoms with Gasteiger partial charge < -0.3 is 10.2 Å². The van der Waals surface area contributed by atoms with E-state index in [1.54, 1.807) is 42.1 Å². The van der Waals surface area contributed by atoms with E-state index in [9.17, 15) is 4.79 Å². The van der Waals surface area contributed by atoms with Crippen molar-refractivity contribution in [2.75, 3.05) is 44.2 Å². The molecule has 3 aromatic rings. The fourth-order valence-corrected chi connectivity index (χ4v) is 5.38. The van der Waals surface area contributed by atoms with Crippen LogP contribution < -0.4 is 15.8 Å². The van der Waals surface area contributed by atoms with Gasteiger partial charge in [-0.25, -0.2) is 4.98 Å². The number of nitrogens with one attached hydrogen (secondary N) is 1. The third kappa shape index (κ3) is 4.70.